The molecule has 15 heteroatoms. The van der Waals surface area contributed by atoms with E-state index in [2.05, 4.69) is 25.7 Å². The molecule has 2 N–H and O–H groups in total. The molecule has 1 aromatic carbocycles. The number of aromatic nitrogens is 2. The van der Waals surface area contributed by atoms with Crippen LogP contribution in [0.5, 0.6) is 0 Å². The van der Waals surface area contributed by atoms with Crippen molar-refractivity contribution in [2.24, 2.45) is 0 Å². The fourth-order valence-corrected chi connectivity index (χ4v) is 9.72. The highest BCUT2D eigenvalue weighted by molar-refractivity contribution is 7.89. The first-order chi connectivity index (χ1) is 26.5. The maximum absolute atomic E-state index is 12.7. The normalized spacial score (nSPS) is 15.8. The Balaban J connectivity index is 0.000000214. The number of hydrogen-bond acceptors (Lipinski definition) is 9. The number of aliphatic hydroxyl groups excluding tert-OH is 1. The molecule has 56 heavy (non-hydrogen) atoms. The Bertz CT molecular complexity index is 1920. The lowest BCUT2D eigenvalue weighted by Crippen LogP contribution is -2.27. The van der Waals surface area contributed by atoms with Crippen molar-refractivity contribution >= 4 is 30.3 Å². The van der Waals surface area contributed by atoms with Crippen LogP contribution in [0, 0.1) is 20.8 Å². The number of carboxylic acid groups (broad SMARTS) is 1. The van der Waals surface area contributed by atoms with Crippen molar-refractivity contribution in [1.29, 1.82) is 0 Å². The zero-order valence-electron chi connectivity index (χ0n) is 34.2. The molecule has 2 aromatic heterocycles. The fourth-order valence-electron chi connectivity index (χ4n) is 7.24. The third-order valence-electron chi connectivity index (χ3n) is 9.90. The molecule has 5 heterocycles. The molecule has 310 valence electrons. The van der Waals surface area contributed by atoms with Gasteiger partial charge in [0.05, 0.1) is 43.7 Å². The van der Waals surface area contributed by atoms with Crippen LogP contribution in [0.25, 0.3) is 0 Å². The van der Waals surface area contributed by atoms with E-state index in [1.165, 1.54) is 15.6 Å². The number of rotatable bonds is 13. The van der Waals surface area contributed by atoms with Crippen molar-refractivity contribution in [3.63, 3.8) is 0 Å². The summed E-state index contributed by atoms with van der Waals surface area (Å²) in [6, 6.07) is 9.03. The van der Waals surface area contributed by atoms with Crippen molar-refractivity contribution in [2.75, 3.05) is 46.1 Å². The van der Waals surface area contributed by atoms with Gasteiger partial charge < -0.3 is 38.0 Å². The molecule has 0 bridgehead atoms. The van der Waals surface area contributed by atoms with Crippen LogP contribution in [0.15, 0.2) is 47.1 Å². The van der Waals surface area contributed by atoms with Crippen molar-refractivity contribution in [1.82, 2.24) is 13.4 Å². The average Bonchev–Trinajstić information content (AvgIpc) is 3.85. The van der Waals surface area contributed by atoms with Gasteiger partial charge in [0, 0.05) is 61.7 Å². The van der Waals surface area contributed by atoms with Crippen molar-refractivity contribution in [3.8, 4) is 0 Å². The molecule has 0 spiro atoms. The lowest BCUT2D eigenvalue weighted by molar-refractivity contribution is -0.144. The third kappa shape index (κ3) is 12.4. The highest BCUT2D eigenvalue weighted by atomic mass is 32.2. The number of aliphatic carboxylic acids is 1. The third-order valence-corrected chi connectivity index (χ3v) is 12.7. The van der Waals surface area contributed by atoms with Gasteiger partial charge >= 0.3 is 11.9 Å². The van der Waals surface area contributed by atoms with E-state index in [0.29, 0.717) is 50.6 Å². The van der Waals surface area contributed by atoms with E-state index < -0.39 is 24.3 Å². The Morgan fingerprint density at radius 1 is 0.946 bits per heavy atom. The molecule has 0 amide bonds. The summed E-state index contributed by atoms with van der Waals surface area (Å²) in [6.45, 7) is 18.9. The van der Waals surface area contributed by atoms with Crippen molar-refractivity contribution < 1.29 is 46.9 Å². The van der Waals surface area contributed by atoms with Gasteiger partial charge in [-0.05, 0) is 113 Å². The molecule has 0 unspecified atom stereocenters. The smallest absolute Gasteiger partial charge is 0.325 e. The number of carbonyl (C=O) groups is 2. The van der Waals surface area contributed by atoms with Gasteiger partial charge in [0.15, 0.2) is 0 Å². The van der Waals surface area contributed by atoms with Crippen LogP contribution in [0.2, 0.25) is 19.6 Å². The monoisotopic (exact) mass is 815 g/mol. The summed E-state index contributed by atoms with van der Waals surface area (Å²) in [5, 5.41) is 18.6. The fraction of sp³-hybridized carbons (Fsp3) is 0.561. The Morgan fingerprint density at radius 3 is 2.21 bits per heavy atom. The van der Waals surface area contributed by atoms with Gasteiger partial charge in [-0.3, -0.25) is 9.59 Å². The van der Waals surface area contributed by atoms with E-state index >= 15 is 0 Å². The van der Waals surface area contributed by atoms with E-state index in [0.717, 1.165) is 85.0 Å². The number of benzene rings is 1. The zero-order chi connectivity index (χ0) is 41.0. The average molecular weight is 816 g/mol. The Labute approximate surface area is 333 Å². The van der Waals surface area contributed by atoms with Crippen LogP contribution >= 0.6 is 0 Å². The van der Waals surface area contributed by atoms with Gasteiger partial charge in [0.2, 0.25) is 18.3 Å². The van der Waals surface area contributed by atoms with Crippen molar-refractivity contribution in [2.45, 2.75) is 110 Å². The van der Waals surface area contributed by atoms with E-state index in [1.54, 1.807) is 16.7 Å². The largest absolute Gasteiger partial charge is 0.547 e. The lowest BCUT2D eigenvalue weighted by atomic mass is 10.0. The van der Waals surface area contributed by atoms with Crippen LogP contribution in [0.4, 0.5) is 0 Å². The minimum atomic E-state index is -3.43. The Morgan fingerprint density at radius 2 is 1.62 bits per heavy atom. The maximum Gasteiger partial charge on any atom is 0.325 e. The molecule has 0 radical (unpaired) electrons. The maximum atomic E-state index is 12.7. The summed E-state index contributed by atoms with van der Waals surface area (Å²) < 4.78 is 52.0. The standard InChI is InChI=1S/C21H28N2O5S.C12H17NO3.C8H16O2Si/c1-15-19(16(2)23(14-21(25)26)20(15)9-12-24)13-17-5-7-18(8-6-17)29(27,28)22-10-3-4-11-22;1-3-16-12(14)7-13-9(2)6-10-8-15-5-4-11(10)13;1-11(2,3)10-8-4-6-9-7-5-8/h5-8,24H,3-4,9-14H2,1-2H3,(H,25,26);6H,3-5,7-8H2,1-2H3;4H,5-7H2,1-3H3. The van der Waals surface area contributed by atoms with E-state index in [1.807, 2.05) is 50.5 Å². The quantitative estimate of drug-likeness (QED) is 0.163. The first-order valence-electron chi connectivity index (χ1n) is 19.5. The molecule has 1 fully saturated rings. The number of carboxylic acids is 1. The second-order valence-electron chi connectivity index (χ2n) is 15.2. The SMILES string of the molecule is CCOC(=O)Cn1c(C)cc2c1CCOC2.C[Si](C)(C)OC1=CCOCC1.Cc1c(Cc2ccc(S(=O)(=O)N3CCCC3)cc2)c(C)n(CC(=O)O)c1CCO. The summed E-state index contributed by atoms with van der Waals surface area (Å²) in [5.74, 6) is 0.0382. The number of fused-ring (bicyclic) bond motifs is 1. The summed E-state index contributed by atoms with van der Waals surface area (Å²) in [6.07, 6.45) is 6.65. The molecule has 3 aliphatic heterocycles. The van der Waals surface area contributed by atoms with Crippen LogP contribution in [0.3, 0.4) is 0 Å². The number of esters is 1. The number of sulfonamides is 1. The van der Waals surface area contributed by atoms with Gasteiger partial charge in [-0.25, -0.2) is 8.42 Å². The number of carbonyl (C=O) groups excluding carboxylic acids is 1. The second-order valence-corrected chi connectivity index (χ2v) is 21.5. The highest BCUT2D eigenvalue weighted by Gasteiger charge is 2.27. The molecule has 1 saturated heterocycles. The minimum absolute atomic E-state index is 0.0492. The predicted molar refractivity (Wildman–Crippen MR) is 217 cm³/mol. The molecule has 3 aromatic rings. The molecule has 3 aliphatic rings. The molecule has 13 nitrogen and oxygen atoms in total. The molecule has 6 rings (SSSR count). The molecule has 0 aliphatic carbocycles. The lowest BCUT2D eigenvalue weighted by Gasteiger charge is -2.23. The highest BCUT2D eigenvalue weighted by Crippen LogP contribution is 2.27. The minimum Gasteiger partial charge on any atom is -0.547 e. The Hall–Kier alpha value is -3.73. The predicted octanol–water partition coefficient (Wildman–Crippen LogP) is 5.67. The van der Waals surface area contributed by atoms with E-state index in [-0.39, 0.29) is 19.1 Å². The second kappa shape index (κ2) is 20.6. The number of aryl methyl sites for hydroxylation is 1. The van der Waals surface area contributed by atoms with Crippen LogP contribution < -0.4 is 0 Å². The molecule has 0 saturated carbocycles. The summed E-state index contributed by atoms with van der Waals surface area (Å²) in [4.78, 5) is 23.0. The van der Waals surface area contributed by atoms with E-state index in [9.17, 15) is 28.2 Å². The zero-order valence-corrected chi connectivity index (χ0v) is 36.0. The van der Waals surface area contributed by atoms with Crippen LogP contribution in [-0.2, 0) is 77.2 Å². The molecule has 0 atom stereocenters. The van der Waals surface area contributed by atoms with E-state index in [4.69, 9.17) is 18.6 Å². The summed E-state index contributed by atoms with van der Waals surface area (Å²) in [7, 11) is -4.80. The number of nitrogens with zero attached hydrogens (tertiary/aromatic N) is 3. The Kier molecular flexibility index (Phi) is 16.6. The molecular weight excluding hydrogens is 755 g/mol. The summed E-state index contributed by atoms with van der Waals surface area (Å²) in [5.41, 5.74) is 8.17. The topological polar surface area (TPSA) is 159 Å². The molecular formula is C41H61N3O10SSi. The number of aliphatic hydroxyl groups is 1. The van der Waals surface area contributed by atoms with Crippen LogP contribution in [-0.4, -0.2) is 98.5 Å². The van der Waals surface area contributed by atoms with Gasteiger partial charge in [0.25, 0.3) is 0 Å². The van der Waals surface area contributed by atoms with Crippen LogP contribution in [0.1, 0.15) is 71.2 Å². The number of ether oxygens (including phenoxy) is 3. The summed E-state index contributed by atoms with van der Waals surface area (Å²) >= 11 is 0. The first-order valence-corrected chi connectivity index (χ1v) is 24.4. The van der Waals surface area contributed by atoms with Gasteiger partial charge in [-0.2, -0.15) is 4.31 Å². The van der Waals surface area contributed by atoms with Gasteiger partial charge in [0.1, 0.15) is 13.1 Å². The first kappa shape index (κ1) is 45.0. The van der Waals surface area contributed by atoms with Crippen molar-refractivity contribution in [3.05, 3.63) is 87.2 Å². The van der Waals surface area contributed by atoms with Gasteiger partial charge in [-0.15, -0.1) is 0 Å². The van der Waals surface area contributed by atoms with Gasteiger partial charge in [-0.1, -0.05) is 12.1 Å². The number of hydrogen-bond donors (Lipinski definition) is 2.